The molecule has 0 fully saturated rings. The van der Waals surface area contributed by atoms with Crippen LogP contribution in [-0.2, 0) is 0 Å². The van der Waals surface area contributed by atoms with E-state index in [0.29, 0.717) is 18.8 Å². The summed E-state index contributed by atoms with van der Waals surface area (Å²) >= 11 is 0. The average molecular weight is 227 g/mol. The van der Waals surface area contributed by atoms with E-state index in [1.54, 1.807) is 30.9 Å². The highest BCUT2D eigenvalue weighted by Crippen LogP contribution is 2.16. The topological polar surface area (TPSA) is 43.7 Å². The first-order chi connectivity index (χ1) is 7.49. The molecule has 90 valence electrons. The number of halogens is 1. The van der Waals surface area contributed by atoms with Crippen LogP contribution in [-0.4, -0.2) is 35.5 Å². The van der Waals surface area contributed by atoms with Crippen LogP contribution in [0.25, 0.3) is 0 Å². The number of aliphatic hydroxyl groups is 2. The average Bonchev–Trinajstić information content (AvgIpc) is 2.15. The maximum Gasteiger partial charge on any atom is 0.125 e. The van der Waals surface area contributed by atoms with Gasteiger partial charge in [0.1, 0.15) is 5.82 Å². The summed E-state index contributed by atoms with van der Waals surface area (Å²) in [6.45, 7) is 4.06. The van der Waals surface area contributed by atoms with Gasteiger partial charge in [0.2, 0.25) is 0 Å². The molecule has 16 heavy (non-hydrogen) atoms. The van der Waals surface area contributed by atoms with Crippen molar-refractivity contribution in [2.75, 3.05) is 18.0 Å². The second kappa shape index (κ2) is 5.82. The van der Waals surface area contributed by atoms with Crippen molar-refractivity contribution < 1.29 is 14.6 Å². The lowest BCUT2D eigenvalue weighted by Crippen LogP contribution is -2.36. The molecular formula is C12H18FNO2. The zero-order valence-corrected chi connectivity index (χ0v) is 9.60. The van der Waals surface area contributed by atoms with Crippen LogP contribution in [0.2, 0.25) is 0 Å². The zero-order valence-electron chi connectivity index (χ0n) is 9.60. The molecule has 1 aromatic rings. The van der Waals surface area contributed by atoms with E-state index in [-0.39, 0.29) is 5.82 Å². The van der Waals surface area contributed by atoms with Gasteiger partial charge in [0.25, 0.3) is 0 Å². The zero-order chi connectivity index (χ0) is 12.1. The molecule has 3 nitrogen and oxygen atoms in total. The van der Waals surface area contributed by atoms with Crippen molar-refractivity contribution in [1.82, 2.24) is 0 Å². The molecule has 0 bridgehead atoms. The van der Waals surface area contributed by atoms with Gasteiger partial charge in [0, 0.05) is 18.8 Å². The van der Waals surface area contributed by atoms with Gasteiger partial charge in [-0.25, -0.2) is 4.39 Å². The van der Waals surface area contributed by atoms with Gasteiger partial charge in [0.05, 0.1) is 12.2 Å². The summed E-state index contributed by atoms with van der Waals surface area (Å²) in [5, 5.41) is 18.7. The smallest absolute Gasteiger partial charge is 0.125 e. The summed E-state index contributed by atoms with van der Waals surface area (Å²) in [6, 6.07) is 6.13. The lowest BCUT2D eigenvalue weighted by Gasteiger charge is -2.27. The number of rotatable bonds is 5. The second-order valence-electron chi connectivity index (χ2n) is 4.08. The number of anilines is 1. The summed E-state index contributed by atoms with van der Waals surface area (Å²) in [5.41, 5.74) is 0.668. The molecule has 1 rings (SSSR count). The van der Waals surface area contributed by atoms with E-state index in [2.05, 4.69) is 0 Å². The van der Waals surface area contributed by atoms with Gasteiger partial charge < -0.3 is 15.1 Å². The van der Waals surface area contributed by atoms with Crippen LogP contribution in [0.4, 0.5) is 10.1 Å². The van der Waals surface area contributed by atoms with Gasteiger partial charge in [-0.1, -0.05) is 6.07 Å². The van der Waals surface area contributed by atoms with Crippen molar-refractivity contribution >= 4 is 5.69 Å². The predicted molar refractivity (Wildman–Crippen MR) is 62.0 cm³/mol. The van der Waals surface area contributed by atoms with E-state index in [9.17, 15) is 14.6 Å². The molecule has 0 aliphatic heterocycles. The Morgan fingerprint density at radius 2 is 1.75 bits per heavy atom. The summed E-state index contributed by atoms with van der Waals surface area (Å²) < 4.78 is 13.1. The van der Waals surface area contributed by atoms with Crippen LogP contribution in [0, 0.1) is 5.82 Å². The van der Waals surface area contributed by atoms with Gasteiger partial charge in [0.15, 0.2) is 0 Å². The Hall–Kier alpha value is -1.13. The van der Waals surface area contributed by atoms with Crippen LogP contribution >= 0.6 is 0 Å². The molecule has 0 heterocycles. The Morgan fingerprint density at radius 3 is 2.19 bits per heavy atom. The van der Waals surface area contributed by atoms with Crippen molar-refractivity contribution in [2.24, 2.45) is 0 Å². The minimum atomic E-state index is -0.526. The first kappa shape index (κ1) is 12.9. The van der Waals surface area contributed by atoms with Crippen molar-refractivity contribution in [3.05, 3.63) is 30.1 Å². The lowest BCUT2D eigenvalue weighted by molar-refractivity contribution is 0.178. The fourth-order valence-corrected chi connectivity index (χ4v) is 1.60. The van der Waals surface area contributed by atoms with Crippen LogP contribution in [0.3, 0.4) is 0 Å². The molecule has 0 aliphatic carbocycles. The fraction of sp³-hybridized carbons (Fsp3) is 0.500. The van der Waals surface area contributed by atoms with Crippen molar-refractivity contribution in [3.8, 4) is 0 Å². The molecule has 0 aliphatic rings. The SMILES string of the molecule is CC(O)CN(CC(C)O)c1cccc(F)c1. The van der Waals surface area contributed by atoms with E-state index < -0.39 is 12.2 Å². The van der Waals surface area contributed by atoms with E-state index in [0.717, 1.165) is 0 Å². The van der Waals surface area contributed by atoms with E-state index in [4.69, 9.17) is 0 Å². The van der Waals surface area contributed by atoms with Gasteiger partial charge in [-0.15, -0.1) is 0 Å². The summed E-state index contributed by atoms with van der Waals surface area (Å²) in [5.74, 6) is -0.321. The molecule has 0 saturated heterocycles. The number of nitrogens with zero attached hydrogens (tertiary/aromatic N) is 1. The second-order valence-corrected chi connectivity index (χ2v) is 4.08. The van der Waals surface area contributed by atoms with Crippen molar-refractivity contribution in [3.63, 3.8) is 0 Å². The summed E-state index contributed by atoms with van der Waals surface area (Å²) in [7, 11) is 0. The standard InChI is InChI=1S/C12H18FNO2/c1-9(15)7-14(8-10(2)16)12-5-3-4-11(13)6-12/h3-6,9-10,15-16H,7-8H2,1-2H3. The van der Waals surface area contributed by atoms with Gasteiger partial charge in [-0.2, -0.15) is 0 Å². The number of hydrogen-bond acceptors (Lipinski definition) is 3. The van der Waals surface area contributed by atoms with Crippen LogP contribution in [0.15, 0.2) is 24.3 Å². The quantitative estimate of drug-likeness (QED) is 0.799. The number of hydrogen-bond donors (Lipinski definition) is 2. The highest BCUT2D eigenvalue weighted by Gasteiger charge is 2.12. The Labute approximate surface area is 95.1 Å². The highest BCUT2D eigenvalue weighted by atomic mass is 19.1. The highest BCUT2D eigenvalue weighted by molar-refractivity contribution is 5.46. The number of benzene rings is 1. The van der Waals surface area contributed by atoms with Crippen LogP contribution < -0.4 is 4.90 Å². The van der Waals surface area contributed by atoms with E-state index in [1.165, 1.54) is 12.1 Å². The van der Waals surface area contributed by atoms with Crippen molar-refractivity contribution in [1.29, 1.82) is 0 Å². The Bertz CT molecular complexity index is 319. The molecule has 4 heteroatoms. The maximum atomic E-state index is 13.1. The Kier molecular flexibility index (Phi) is 4.71. The first-order valence-electron chi connectivity index (χ1n) is 5.35. The monoisotopic (exact) mass is 227 g/mol. The summed E-state index contributed by atoms with van der Waals surface area (Å²) in [4.78, 5) is 1.76. The molecule has 0 aromatic heterocycles. The molecule has 0 saturated carbocycles. The Balaban J connectivity index is 2.82. The van der Waals surface area contributed by atoms with Crippen molar-refractivity contribution in [2.45, 2.75) is 26.1 Å². The predicted octanol–water partition coefficient (Wildman–Crippen LogP) is 1.39. The van der Waals surface area contributed by atoms with Crippen LogP contribution in [0.1, 0.15) is 13.8 Å². The minimum Gasteiger partial charge on any atom is -0.392 e. The van der Waals surface area contributed by atoms with Gasteiger partial charge in [-0.3, -0.25) is 0 Å². The molecular weight excluding hydrogens is 209 g/mol. The third kappa shape index (κ3) is 4.16. The van der Waals surface area contributed by atoms with E-state index in [1.807, 2.05) is 0 Å². The lowest BCUT2D eigenvalue weighted by atomic mass is 10.2. The van der Waals surface area contributed by atoms with Gasteiger partial charge in [-0.05, 0) is 32.0 Å². The summed E-state index contributed by atoms with van der Waals surface area (Å²) in [6.07, 6.45) is -1.05. The minimum absolute atomic E-state index is 0.321. The fourth-order valence-electron chi connectivity index (χ4n) is 1.60. The molecule has 0 amide bonds. The molecule has 1 aromatic carbocycles. The third-order valence-corrected chi connectivity index (χ3v) is 2.14. The normalized spacial score (nSPS) is 14.6. The molecule has 0 spiro atoms. The third-order valence-electron chi connectivity index (χ3n) is 2.14. The molecule has 0 radical (unpaired) electrons. The molecule has 2 N–H and O–H groups in total. The van der Waals surface area contributed by atoms with E-state index >= 15 is 0 Å². The van der Waals surface area contributed by atoms with Crippen LogP contribution in [0.5, 0.6) is 0 Å². The maximum absolute atomic E-state index is 13.1. The molecule has 2 atom stereocenters. The Morgan fingerprint density at radius 1 is 1.19 bits per heavy atom. The largest absolute Gasteiger partial charge is 0.392 e. The molecule has 2 unspecified atom stereocenters. The number of aliphatic hydroxyl groups excluding tert-OH is 2. The van der Waals surface area contributed by atoms with Gasteiger partial charge >= 0.3 is 0 Å². The first-order valence-corrected chi connectivity index (χ1v) is 5.35.